The van der Waals surface area contributed by atoms with E-state index >= 15 is 0 Å². The third-order valence-corrected chi connectivity index (χ3v) is 2.19. The van der Waals surface area contributed by atoms with Crippen LogP contribution in [0.2, 0.25) is 0 Å². The summed E-state index contributed by atoms with van der Waals surface area (Å²) < 4.78 is 0. The molecule has 1 atom stereocenters. The van der Waals surface area contributed by atoms with E-state index in [1.807, 2.05) is 0 Å². The normalized spacial score (nSPS) is 22.8. The Morgan fingerprint density at radius 2 is 2.25 bits per heavy atom. The fourth-order valence-corrected chi connectivity index (χ4v) is 1.41. The molecule has 1 fully saturated rings. The quantitative estimate of drug-likeness (QED) is 0.651. The van der Waals surface area contributed by atoms with Crippen LogP contribution in [0, 0.1) is 5.92 Å². The number of hydrogen-bond acceptors (Lipinski definition) is 2. The molecule has 0 radical (unpaired) electrons. The van der Waals surface area contributed by atoms with Gasteiger partial charge in [0.05, 0.1) is 5.92 Å². The standard InChI is InChI=1S/C8H13NO3/c1-2-7(10)9-4-3-6(5-9)8(11)12/h6H,2-5H2,1H3,(H,11,12)/t6-/m0/s1. The lowest BCUT2D eigenvalue weighted by Crippen LogP contribution is -2.29. The lowest BCUT2D eigenvalue weighted by molar-refractivity contribution is -0.141. The SMILES string of the molecule is CCC(=O)N1CC[C@H](C(=O)O)C1. The molecule has 0 saturated carbocycles. The zero-order valence-electron chi connectivity index (χ0n) is 7.12. The zero-order chi connectivity index (χ0) is 9.14. The number of likely N-dealkylation sites (tertiary alicyclic amines) is 1. The molecular formula is C8H13NO3. The molecule has 1 amide bonds. The Bertz CT molecular complexity index is 202. The van der Waals surface area contributed by atoms with Gasteiger partial charge in [-0.25, -0.2) is 0 Å². The van der Waals surface area contributed by atoms with Crippen molar-refractivity contribution in [2.45, 2.75) is 19.8 Å². The van der Waals surface area contributed by atoms with Crippen LogP contribution >= 0.6 is 0 Å². The minimum absolute atomic E-state index is 0.0544. The minimum atomic E-state index is -0.790. The van der Waals surface area contributed by atoms with Gasteiger partial charge in [-0.1, -0.05) is 6.92 Å². The molecule has 1 heterocycles. The zero-order valence-corrected chi connectivity index (χ0v) is 7.12. The molecule has 68 valence electrons. The highest BCUT2D eigenvalue weighted by Gasteiger charge is 2.29. The molecule has 0 aromatic rings. The highest BCUT2D eigenvalue weighted by molar-refractivity contribution is 5.78. The van der Waals surface area contributed by atoms with Crippen LogP contribution < -0.4 is 0 Å². The van der Waals surface area contributed by atoms with Crippen molar-refractivity contribution in [3.63, 3.8) is 0 Å². The minimum Gasteiger partial charge on any atom is -0.481 e. The molecule has 0 unspecified atom stereocenters. The highest BCUT2D eigenvalue weighted by atomic mass is 16.4. The maximum absolute atomic E-state index is 11.1. The maximum Gasteiger partial charge on any atom is 0.308 e. The van der Waals surface area contributed by atoms with Crippen LogP contribution in [-0.4, -0.2) is 35.0 Å². The Labute approximate surface area is 71.2 Å². The second-order valence-electron chi connectivity index (χ2n) is 3.02. The van der Waals surface area contributed by atoms with Crippen LogP contribution in [0.4, 0.5) is 0 Å². The summed E-state index contributed by atoms with van der Waals surface area (Å²) >= 11 is 0. The summed E-state index contributed by atoms with van der Waals surface area (Å²) in [4.78, 5) is 23.3. The van der Waals surface area contributed by atoms with Crippen LogP contribution in [-0.2, 0) is 9.59 Å². The first-order valence-electron chi connectivity index (χ1n) is 4.15. The molecule has 1 rings (SSSR count). The van der Waals surface area contributed by atoms with Gasteiger partial charge in [0.2, 0.25) is 5.91 Å². The lowest BCUT2D eigenvalue weighted by Gasteiger charge is -2.13. The number of amides is 1. The Hall–Kier alpha value is -1.06. The van der Waals surface area contributed by atoms with Crippen molar-refractivity contribution in [3.8, 4) is 0 Å². The molecular weight excluding hydrogens is 158 g/mol. The summed E-state index contributed by atoms with van der Waals surface area (Å²) in [6.07, 6.45) is 1.06. The Kier molecular flexibility index (Phi) is 2.68. The van der Waals surface area contributed by atoms with Gasteiger partial charge in [-0.15, -0.1) is 0 Å². The Balaban J connectivity index is 2.45. The predicted molar refractivity (Wildman–Crippen MR) is 42.6 cm³/mol. The second kappa shape index (κ2) is 3.56. The van der Waals surface area contributed by atoms with Crippen molar-refractivity contribution in [1.82, 2.24) is 4.90 Å². The third-order valence-electron chi connectivity index (χ3n) is 2.19. The Morgan fingerprint density at radius 1 is 1.58 bits per heavy atom. The van der Waals surface area contributed by atoms with Crippen molar-refractivity contribution in [3.05, 3.63) is 0 Å². The van der Waals surface area contributed by atoms with E-state index in [9.17, 15) is 9.59 Å². The summed E-state index contributed by atoms with van der Waals surface area (Å²) in [6.45, 7) is 2.78. The summed E-state index contributed by atoms with van der Waals surface area (Å²) in [5, 5.41) is 8.65. The van der Waals surface area contributed by atoms with Gasteiger partial charge in [0.1, 0.15) is 0 Å². The number of carboxylic acids is 1. The van der Waals surface area contributed by atoms with E-state index in [0.717, 1.165) is 0 Å². The van der Waals surface area contributed by atoms with Crippen LogP contribution in [0.5, 0.6) is 0 Å². The van der Waals surface area contributed by atoms with E-state index in [4.69, 9.17) is 5.11 Å². The van der Waals surface area contributed by atoms with Crippen molar-refractivity contribution >= 4 is 11.9 Å². The van der Waals surface area contributed by atoms with Crippen LogP contribution in [0.25, 0.3) is 0 Å². The monoisotopic (exact) mass is 171 g/mol. The fraction of sp³-hybridized carbons (Fsp3) is 0.750. The molecule has 0 spiro atoms. The number of carbonyl (C=O) groups excluding carboxylic acids is 1. The maximum atomic E-state index is 11.1. The molecule has 0 aliphatic carbocycles. The van der Waals surface area contributed by atoms with Crippen molar-refractivity contribution < 1.29 is 14.7 Å². The van der Waals surface area contributed by atoms with Gasteiger partial charge in [0.25, 0.3) is 0 Å². The van der Waals surface area contributed by atoms with Crippen molar-refractivity contribution in [2.75, 3.05) is 13.1 Å². The van der Waals surface area contributed by atoms with Crippen LogP contribution in [0.3, 0.4) is 0 Å². The third kappa shape index (κ3) is 1.75. The molecule has 0 aromatic heterocycles. The predicted octanol–water partition coefficient (Wildman–Crippen LogP) is 0.329. The molecule has 1 aliphatic rings. The molecule has 4 nitrogen and oxygen atoms in total. The van der Waals surface area contributed by atoms with Gasteiger partial charge in [-0.05, 0) is 6.42 Å². The molecule has 4 heteroatoms. The molecule has 1 aliphatic heterocycles. The molecule has 1 N–H and O–H groups in total. The van der Waals surface area contributed by atoms with Crippen molar-refractivity contribution in [2.24, 2.45) is 5.92 Å². The lowest BCUT2D eigenvalue weighted by atomic mass is 10.1. The highest BCUT2D eigenvalue weighted by Crippen LogP contribution is 2.16. The first-order valence-corrected chi connectivity index (χ1v) is 4.15. The van der Waals surface area contributed by atoms with E-state index < -0.39 is 5.97 Å². The average molecular weight is 171 g/mol. The fourth-order valence-electron chi connectivity index (χ4n) is 1.41. The largest absolute Gasteiger partial charge is 0.481 e. The smallest absolute Gasteiger partial charge is 0.308 e. The van der Waals surface area contributed by atoms with Gasteiger partial charge >= 0.3 is 5.97 Å². The van der Waals surface area contributed by atoms with Gasteiger partial charge in [-0.2, -0.15) is 0 Å². The molecule has 12 heavy (non-hydrogen) atoms. The number of rotatable bonds is 2. The Morgan fingerprint density at radius 3 is 2.67 bits per heavy atom. The summed E-state index contributed by atoms with van der Waals surface area (Å²) in [6, 6.07) is 0. The topological polar surface area (TPSA) is 57.6 Å². The van der Waals surface area contributed by atoms with E-state index in [-0.39, 0.29) is 11.8 Å². The van der Waals surface area contributed by atoms with E-state index in [1.165, 1.54) is 0 Å². The average Bonchev–Trinajstić information content (AvgIpc) is 2.51. The molecule has 1 saturated heterocycles. The number of hydrogen-bond donors (Lipinski definition) is 1. The van der Waals surface area contributed by atoms with Crippen LogP contribution in [0.1, 0.15) is 19.8 Å². The number of carbonyl (C=O) groups is 2. The van der Waals surface area contributed by atoms with E-state index in [1.54, 1.807) is 11.8 Å². The van der Waals surface area contributed by atoms with Crippen LogP contribution in [0.15, 0.2) is 0 Å². The summed E-state index contributed by atoms with van der Waals surface area (Å²) in [7, 11) is 0. The number of aliphatic carboxylic acids is 1. The summed E-state index contributed by atoms with van der Waals surface area (Å²) in [5.41, 5.74) is 0. The first-order chi connectivity index (χ1) is 5.65. The van der Waals surface area contributed by atoms with Gasteiger partial charge in [0, 0.05) is 19.5 Å². The van der Waals surface area contributed by atoms with Gasteiger partial charge < -0.3 is 10.0 Å². The van der Waals surface area contributed by atoms with Gasteiger partial charge in [-0.3, -0.25) is 9.59 Å². The summed E-state index contributed by atoms with van der Waals surface area (Å²) in [5.74, 6) is -1.08. The van der Waals surface area contributed by atoms with E-state index in [2.05, 4.69) is 0 Å². The van der Waals surface area contributed by atoms with Gasteiger partial charge in [0.15, 0.2) is 0 Å². The molecule has 0 aromatic carbocycles. The van der Waals surface area contributed by atoms with Crippen molar-refractivity contribution in [1.29, 1.82) is 0 Å². The number of carboxylic acid groups (broad SMARTS) is 1. The second-order valence-corrected chi connectivity index (χ2v) is 3.02. The molecule has 0 bridgehead atoms. The number of nitrogens with zero attached hydrogens (tertiary/aromatic N) is 1. The first kappa shape index (κ1) is 9.03. The van der Waals surface area contributed by atoms with E-state index in [0.29, 0.717) is 25.9 Å².